The molecule has 0 atom stereocenters. The highest BCUT2D eigenvalue weighted by molar-refractivity contribution is 6.08. The maximum atomic E-state index is 5.79. The Kier molecular flexibility index (Phi) is 3.05. The average Bonchev–Trinajstić information content (AvgIpc) is 2.68. The number of nitrogens with two attached hydrogens (primary N) is 1. The molecule has 0 aliphatic heterocycles. The van der Waals surface area contributed by atoms with Gasteiger partial charge in [-0.2, -0.15) is 0 Å². The van der Waals surface area contributed by atoms with Crippen molar-refractivity contribution in [3.63, 3.8) is 0 Å². The van der Waals surface area contributed by atoms with Gasteiger partial charge < -0.3 is 10.7 Å². The van der Waals surface area contributed by atoms with Crippen molar-refractivity contribution in [1.29, 1.82) is 0 Å². The minimum Gasteiger partial charge on any atom is -0.399 e. The Morgan fingerprint density at radius 3 is 2.41 bits per heavy atom. The zero-order valence-corrected chi connectivity index (χ0v) is 10.5. The molecule has 0 unspecified atom stereocenters. The van der Waals surface area contributed by atoms with Crippen molar-refractivity contribution in [2.24, 2.45) is 0 Å². The highest BCUT2D eigenvalue weighted by Gasteiger charge is 2.03. The summed E-state index contributed by atoms with van der Waals surface area (Å²) in [6, 6.07) is 12.4. The topological polar surface area (TPSA) is 41.8 Å². The van der Waals surface area contributed by atoms with Crippen LogP contribution in [0.15, 0.2) is 36.4 Å². The molecule has 88 valence electrons. The largest absolute Gasteiger partial charge is 0.399 e. The molecule has 3 aromatic rings. The van der Waals surface area contributed by atoms with Crippen molar-refractivity contribution in [1.82, 2.24) is 4.98 Å². The van der Waals surface area contributed by atoms with Gasteiger partial charge in [-0.25, -0.2) is 0 Å². The van der Waals surface area contributed by atoms with E-state index in [1.165, 1.54) is 21.9 Å². The molecule has 0 amide bonds. The molecule has 0 aliphatic carbocycles. The Morgan fingerprint density at radius 1 is 0.882 bits per heavy atom. The van der Waals surface area contributed by atoms with Crippen LogP contribution in [-0.4, -0.2) is 4.98 Å². The summed E-state index contributed by atoms with van der Waals surface area (Å²) in [5.41, 5.74) is 10.2. The number of nitrogens with one attached hydrogen (secondary N) is 1. The first-order valence-corrected chi connectivity index (χ1v) is 6.01. The molecule has 2 heteroatoms. The molecule has 2 nitrogen and oxygen atoms in total. The van der Waals surface area contributed by atoms with Crippen LogP contribution in [0.3, 0.4) is 0 Å². The van der Waals surface area contributed by atoms with Crippen LogP contribution in [0, 0.1) is 6.92 Å². The van der Waals surface area contributed by atoms with E-state index in [0.717, 1.165) is 11.2 Å². The fraction of sp³-hybridized carbons (Fsp3) is 0.200. The van der Waals surface area contributed by atoms with E-state index in [1.54, 1.807) is 0 Å². The lowest BCUT2D eigenvalue weighted by Crippen LogP contribution is -1.81. The van der Waals surface area contributed by atoms with Gasteiger partial charge in [0.25, 0.3) is 0 Å². The summed E-state index contributed by atoms with van der Waals surface area (Å²) in [5, 5.41) is 2.44. The highest BCUT2D eigenvalue weighted by atomic mass is 14.7. The number of benzene rings is 2. The lowest BCUT2D eigenvalue weighted by atomic mass is 10.1. The Hall–Kier alpha value is -1.96. The zero-order chi connectivity index (χ0) is 12.4. The van der Waals surface area contributed by atoms with Gasteiger partial charge in [-0.05, 0) is 36.8 Å². The van der Waals surface area contributed by atoms with Crippen LogP contribution in [0.4, 0.5) is 5.69 Å². The molecule has 2 aromatic carbocycles. The summed E-state index contributed by atoms with van der Waals surface area (Å²) in [7, 11) is 0. The fourth-order valence-electron chi connectivity index (χ4n) is 2.04. The number of rotatable bonds is 0. The van der Waals surface area contributed by atoms with Crippen LogP contribution in [-0.2, 0) is 0 Å². The summed E-state index contributed by atoms with van der Waals surface area (Å²) in [5.74, 6) is 0. The van der Waals surface area contributed by atoms with Crippen LogP contribution in [0.5, 0.6) is 0 Å². The minimum atomic E-state index is 0.809. The van der Waals surface area contributed by atoms with Crippen molar-refractivity contribution < 1.29 is 0 Å². The third-order valence-corrected chi connectivity index (χ3v) is 2.78. The molecular formula is C15H18N2. The molecular weight excluding hydrogens is 208 g/mol. The normalized spacial score (nSPS) is 10.3. The predicted octanol–water partition coefficient (Wildman–Crippen LogP) is 4.24. The molecule has 3 rings (SSSR count). The Bertz CT molecular complexity index is 650. The molecule has 1 heterocycles. The monoisotopic (exact) mass is 226 g/mol. The summed E-state index contributed by atoms with van der Waals surface area (Å²) < 4.78 is 0. The van der Waals surface area contributed by atoms with Crippen molar-refractivity contribution in [3.8, 4) is 0 Å². The van der Waals surface area contributed by atoms with E-state index in [1.807, 2.05) is 32.0 Å². The van der Waals surface area contributed by atoms with Gasteiger partial charge in [-0.3, -0.25) is 0 Å². The second-order valence-corrected chi connectivity index (χ2v) is 3.98. The minimum absolute atomic E-state index is 0.809. The molecule has 0 spiro atoms. The number of H-pyrrole nitrogens is 1. The summed E-state index contributed by atoms with van der Waals surface area (Å²) in [6.45, 7) is 6.10. The SMILES string of the molecule is CC.Cc1ccc2c(c1)[nH]c1ccc(N)cc12. The van der Waals surface area contributed by atoms with Gasteiger partial charge in [0, 0.05) is 27.5 Å². The lowest BCUT2D eigenvalue weighted by molar-refractivity contribution is 1.47. The van der Waals surface area contributed by atoms with Crippen LogP contribution in [0.25, 0.3) is 21.8 Å². The number of hydrogen-bond acceptors (Lipinski definition) is 1. The Balaban J connectivity index is 0.000000514. The third kappa shape index (κ3) is 1.98. The lowest BCUT2D eigenvalue weighted by Gasteiger charge is -1.94. The average molecular weight is 226 g/mol. The second-order valence-electron chi connectivity index (χ2n) is 3.98. The van der Waals surface area contributed by atoms with Crippen molar-refractivity contribution in [3.05, 3.63) is 42.0 Å². The van der Waals surface area contributed by atoms with Crippen LogP contribution >= 0.6 is 0 Å². The summed E-state index contributed by atoms with van der Waals surface area (Å²) in [4.78, 5) is 3.39. The number of anilines is 1. The molecule has 1 aromatic heterocycles. The predicted molar refractivity (Wildman–Crippen MR) is 76.3 cm³/mol. The molecule has 0 aliphatic rings. The quantitative estimate of drug-likeness (QED) is 0.553. The molecule has 0 radical (unpaired) electrons. The van der Waals surface area contributed by atoms with Gasteiger partial charge in [0.05, 0.1) is 0 Å². The third-order valence-electron chi connectivity index (χ3n) is 2.78. The molecule has 0 saturated carbocycles. The number of aromatic amines is 1. The fourth-order valence-corrected chi connectivity index (χ4v) is 2.04. The second kappa shape index (κ2) is 4.50. The van der Waals surface area contributed by atoms with Gasteiger partial charge in [0.1, 0.15) is 0 Å². The number of nitrogen functional groups attached to an aromatic ring is 1. The van der Waals surface area contributed by atoms with E-state index in [0.29, 0.717) is 0 Å². The highest BCUT2D eigenvalue weighted by Crippen LogP contribution is 2.27. The van der Waals surface area contributed by atoms with Crippen molar-refractivity contribution in [2.45, 2.75) is 20.8 Å². The van der Waals surface area contributed by atoms with E-state index >= 15 is 0 Å². The Labute approximate surface area is 101 Å². The number of aryl methyl sites for hydroxylation is 1. The number of aromatic nitrogens is 1. The summed E-state index contributed by atoms with van der Waals surface area (Å²) in [6.07, 6.45) is 0. The van der Waals surface area contributed by atoms with E-state index in [9.17, 15) is 0 Å². The van der Waals surface area contributed by atoms with Gasteiger partial charge in [0.2, 0.25) is 0 Å². The maximum absolute atomic E-state index is 5.79. The first-order valence-electron chi connectivity index (χ1n) is 6.01. The van der Waals surface area contributed by atoms with Crippen LogP contribution in [0.1, 0.15) is 19.4 Å². The number of hydrogen-bond donors (Lipinski definition) is 2. The van der Waals surface area contributed by atoms with Gasteiger partial charge in [0.15, 0.2) is 0 Å². The van der Waals surface area contributed by atoms with Gasteiger partial charge >= 0.3 is 0 Å². The maximum Gasteiger partial charge on any atom is 0.0467 e. The van der Waals surface area contributed by atoms with Crippen LogP contribution in [0.2, 0.25) is 0 Å². The smallest absolute Gasteiger partial charge is 0.0467 e. The number of fused-ring (bicyclic) bond motifs is 3. The molecule has 0 saturated heterocycles. The molecule has 3 N–H and O–H groups in total. The van der Waals surface area contributed by atoms with E-state index in [4.69, 9.17) is 5.73 Å². The van der Waals surface area contributed by atoms with Crippen molar-refractivity contribution >= 4 is 27.5 Å². The molecule has 17 heavy (non-hydrogen) atoms. The van der Waals surface area contributed by atoms with Gasteiger partial charge in [-0.15, -0.1) is 0 Å². The van der Waals surface area contributed by atoms with Crippen LogP contribution < -0.4 is 5.73 Å². The Morgan fingerprint density at radius 2 is 1.65 bits per heavy atom. The zero-order valence-electron chi connectivity index (χ0n) is 10.5. The first kappa shape index (κ1) is 11.5. The summed E-state index contributed by atoms with van der Waals surface area (Å²) >= 11 is 0. The first-order chi connectivity index (χ1) is 8.24. The van der Waals surface area contributed by atoms with E-state index < -0.39 is 0 Å². The van der Waals surface area contributed by atoms with E-state index in [-0.39, 0.29) is 0 Å². The van der Waals surface area contributed by atoms with Gasteiger partial charge in [-0.1, -0.05) is 26.0 Å². The molecule has 0 bridgehead atoms. The van der Waals surface area contributed by atoms with E-state index in [2.05, 4.69) is 30.1 Å². The molecule has 0 fully saturated rings. The van der Waals surface area contributed by atoms with Crippen molar-refractivity contribution in [2.75, 3.05) is 5.73 Å². The standard InChI is InChI=1S/C13H12N2.C2H6/c1-8-2-4-10-11-7-9(14)3-5-12(11)15-13(10)6-8;1-2/h2-7,15H,14H2,1H3;1-2H3.